The molecule has 0 radical (unpaired) electrons. The third kappa shape index (κ3) is 4.06. The summed E-state index contributed by atoms with van der Waals surface area (Å²) in [5.41, 5.74) is 3.55. The van der Waals surface area contributed by atoms with Gasteiger partial charge in [-0.05, 0) is 30.9 Å². The summed E-state index contributed by atoms with van der Waals surface area (Å²) < 4.78 is 0. The molecule has 0 heterocycles. The van der Waals surface area contributed by atoms with Crippen molar-refractivity contribution in [2.45, 2.75) is 34.2 Å². The maximum Gasteiger partial charge on any atom is 0.228 e. The van der Waals surface area contributed by atoms with Crippen molar-refractivity contribution in [3.8, 4) is 0 Å². The number of hydrogen-bond donors (Lipinski definition) is 1. The highest BCUT2D eigenvalue weighted by molar-refractivity contribution is 5.79. The predicted molar refractivity (Wildman–Crippen MR) is 77.8 cm³/mol. The molecule has 1 rings (SSSR count). The second-order valence-electron chi connectivity index (χ2n) is 5.66. The van der Waals surface area contributed by atoms with E-state index in [-0.39, 0.29) is 24.3 Å². The van der Waals surface area contributed by atoms with Crippen LogP contribution in [0.3, 0.4) is 0 Å². The van der Waals surface area contributed by atoms with Gasteiger partial charge in [0, 0.05) is 13.6 Å². The standard InChI is InChI=1S/C16H25NO2/c1-11(2)15(10-18)16(19)17(5)9-14-8-12(3)6-7-13(14)4/h6-8,11,15,18H,9-10H2,1-5H3. The highest BCUT2D eigenvalue weighted by Gasteiger charge is 2.24. The first-order chi connectivity index (χ1) is 8.86. The Labute approximate surface area is 116 Å². The molecule has 1 aromatic carbocycles. The minimum Gasteiger partial charge on any atom is -0.396 e. The summed E-state index contributed by atoms with van der Waals surface area (Å²) in [4.78, 5) is 14.0. The minimum absolute atomic E-state index is 0.0124. The lowest BCUT2D eigenvalue weighted by Gasteiger charge is -2.25. The Balaban J connectivity index is 2.81. The average Bonchev–Trinajstić information content (AvgIpc) is 2.34. The lowest BCUT2D eigenvalue weighted by Crippen LogP contribution is -2.37. The Morgan fingerprint density at radius 1 is 1.32 bits per heavy atom. The van der Waals surface area contributed by atoms with Gasteiger partial charge in [-0.25, -0.2) is 0 Å². The van der Waals surface area contributed by atoms with Crippen LogP contribution in [-0.2, 0) is 11.3 Å². The van der Waals surface area contributed by atoms with E-state index in [1.807, 2.05) is 13.8 Å². The Hall–Kier alpha value is -1.35. The lowest BCUT2D eigenvalue weighted by molar-refractivity contribution is -0.137. The van der Waals surface area contributed by atoms with Crippen LogP contribution < -0.4 is 0 Å². The number of aliphatic hydroxyl groups is 1. The van der Waals surface area contributed by atoms with Gasteiger partial charge in [0.1, 0.15) is 0 Å². The van der Waals surface area contributed by atoms with Gasteiger partial charge in [-0.15, -0.1) is 0 Å². The van der Waals surface area contributed by atoms with Gasteiger partial charge in [0.05, 0.1) is 12.5 Å². The molecule has 0 fully saturated rings. The number of rotatable bonds is 5. The summed E-state index contributed by atoms with van der Waals surface area (Å²) in [6, 6.07) is 6.27. The van der Waals surface area contributed by atoms with Gasteiger partial charge in [-0.3, -0.25) is 4.79 Å². The van der Waals surface area contributed by atoms with Crippen LogP contribution in [0.15, 0.2) is 18.2 Å². The Morgan fingerprint density at radius 3 is 2.47 bits per heavy atom. The van der Waals surface area contributed by atoms with Crippen LogP contribution in [0.4, 0.5) is 0 Å². The quantitative estimate of drug-likeness (QED) is 0.887. The highest BCUT2D eigenvalue weighted by atomic mass is 16.3. The van der Waals surface area contributed by atoms with Crippen LogP contribution in [0.5, 0.6) is 0 Å². The van der Waals surface area contributed by atoms with Gasteiger partial charge < -0.3 is 10.0 Å². The van der Waals surface area contributed by atoms with E-state index in [2.05, 4.69) is 32.0 Å². The van der Waals surface area contributed by atoms with E-state index in [1.54, 1.807) is 11.9 Å². The molecule has 0 aliphatic heterocycles. The molecular formula is C16H25NO2. The zero-order chi connectivity index (χ0) is 14.6. The first-order valence-electron chi connectivity index (χ1n) is 6.78. The van der Waals surface area contributed by atoms with Crippen LogP contribution in [0.2, 0.25) is 0 Å². The summed E-state index contributed by atoms with van der Waals surface area (Å²) in [5.74, 6) is -0.146. The molecule has 0 spiro atoms. The number of carbonyl (C=O) groups is 1. The highest BCUT2D eigenvalue weighted by Crippen LogP contribution is 2.17. The average molecular weight is 263 g/mol. The van der Waals surface area contributed by atoms with Gasteiger partial charge in [0.15, 0.2) is 0 Å². The molecule has 0 bridgehead atoms. The zero-order valence-electron chi connectivity index (χ0n) is 12.6. The molecule has 1 N–H and O–H groups in total. The predicted octanol–water partition coefficient (Wildman–Crippen LogP) is 2.53. The van der Waals surface area contributed by atoms with E-state index in [9.17, 15) is 9.90 Å². The largest absolute Gasteiger partial charge is 0.396 e. The fourth-order valence-corrected chi connectivity index (χ4v) is 2.16. The van der Waals surface area contributed by atoms with Crippen LogP contribution >= 0.6 is 0 Å². The Bertz CT molecular complexity index is 440. The van der Waals surface area contributed by atoms with E-state index in [4.69, 9.17) is 0 Å². The zero-order valence-corrected chi connectivity index (χ0v) is 12.6. The summed E-state index contributed by atoms with van der Waals surface area (Å²) in [6.45, 7) is 8.53. The van der Waals surface area contributed by atoms with E-state index in [0.717, 1.165) is 5.56 Å². The second-order valence-corrected chi connectivity index (χ2v) is 5.66. The van der Waals surface area contributed by atoms with Gasteiger partial charge in [-0.2, -0.15) is 0 Å². The molecule has 3 heteroatoms. The molecule has 0 aliphatic rings. The molecule has 1 unspecified atom stereocenters. The number of nitrogens with zero attached hydrogens (tertiary/aromatic N) is 1. The summed E-state index contributed by atoms with van der Waals surface area (Å²) in [5, 5.41) is 9.33. The van der Waals surface area contributed by atoms with E-state index in [0.29, 0.717) is 6.54 Å². The van der Waals surface area contributed by atoms with Gasteiger partial charge >= 0.3 is 0 Å². The third-order valence-corrected chi connectivity index (χ3v) is 3.61. The third-order valence-electron chi connectivity index (χ3n) is 3.61. The Kier molecular flexibility index (Phi) is 5.55. The second kappa shape index (κ2) is 6.71. The fraction of sp³-hybridized carbons (Fsp3) is 0.562. The van der Waals surface area contributed by atoms with Crippen molar-refractivity contribution in [2.24, 2.45) is 11.8 Å². The number of aliphatic hydroxyl groups excluding tert-OH is 1. The van der Waals surface area contributed by atoms with Gasteiger partial charge in [0.2, 0.25) is 5.91 Å². The van der Waals surface area contributed by atoms with Crippen LogP contribution in [0.25, 0.3) is 0 Å². The molecule has 0 aliphatic carbocycles. The molecule has 3 nitrogen and oxygen atoms in total. The van der Waals surface area contributed by atoms with Crippen molar-refractivity contribution in [1.29, 1.82) is 0 Å². The molecule has 1 atom stereocenters. The monoisotopic (exact) mass is 263 g/mol. The molecule has 0 aromatic heterocycles. The fourth-order valence-electron chi connectivity index (χ4n) is 2.16. The maximum atomic E-state index is 12.3. The van der Waals surface area contributed by atoms with E-state index in [1.165, 1.54) is 11.1 Å². The van der Waals surface area contributed by atoms with Crippen molar-refractivity contribution in [3.05, 3.63) is 34.9 Å². The van der Waals surface area contributed by atoms with Crippen molar-refractivity contribution >= 4 is 5.91 Å². The van der Waals surface area contributed by atoms with E-state index < -0.39 is 0 Å². The number of carbonyl (C=O) groups excluding carboxylic acids is 1. The van der Waals surface area contributed by atoms with Crippen molar-refractivity contribution < 1.29 is 9.90 Å². The maximum absolute atomic E-state index is 12.3. The minimum atomic E-state index is -0.310. The summed E-state index contributed by atoms with van der Waals surface area (Å²) in [6.07, 6.45) is 0. The summed E-state index contributed by atoms with van der Waals surface area (Å²) >= 11 is 0. The number of hydrogen-bond acceptors (Lipinski definition) is 2. The SMILES string of the molecule is Cc1ccc(C)c(CN(C)C(=O)C(CO)C(C)C)c1. The molecule has 0 saturated carbocycles. The number of benzene rings is 1. The molecular weight excluding hydrogens is 238 g/mol. The first kappa shape index (κ1) is 15.7. The van der Waals surface area contributed by atoms with Crippen molar-refractivity contribution in [2.75, 3.05) is 13.7 Å². The topological polar surface area (TPSA) is 40.5 Å². The molecule has 0 saturated heterocycles. The van der Waals surface area contributed by atoms with Crippen LogP contribution in [-0.4, -0.2) is 29.6 Å². The smallest absolute Gasteiger partial charge is 0.228 e. The van der Waals surface area contributed by atoms with Crippen molar-refractivity contribution in [3.63, 3.8) is 0 Å². The number of amides is 1. The summed E-state index contributed by atoms with van der Waals surface area (Å²) in [7, 11) is 1.80. The normalized spacial score (nSPS) is 12.6. The number of aryl methyl sites for hydroxylation is 2. The molecule has 19 heavy (non-hydrogen) atoms. The molecule has 1 amide bonds. The van der Waals surface area contributed by atoms with Crippen molar-refractivity contribution in [1.82, 2.24) is 4.90 Å². The Morgan fingerprint density at radius 2 is 1.95 bits per heavy atom. The van der Waals surface area contributed by atoms with Crippen LogP contribution in [0.1, 0.15) is 30.5 Å². The lowest BCUT2D eigenvalue weighted by atomic mass is 9.95. The van der Waals surface area contributed by atoms with E-state index >= 15 is 0 Å². The van der Waals surface area contributed by atoms with Gasteiger partial charge in [0.25, 0.3) is 0 Å². The van der Waals surface area contributed by atoms with Gasteiger partial charge in [-0.1, -0.05) is 37.6 Å². The van der Waals surface area contributed by atoms with Crippen LogP contribution in [0, 0.1) is 25.7 Å². The first-order valence-corrected chi connectivity index (χ1v) is 6.78. The molecule has 106 valence electrons. The molecule has 1 aromatic rings.